The monoisotopic (exact) mass is 367 g/mol. The fraction of sp³-hybridized carbons (Fsp3) is 0.267. The van der Waals surface area contributed by atoms with Gasteiger partial charge < -0.3 is 14.6 Å². The zero-order chi connectivity index (χ0) is 17.8. The number of aliphatic hydroxyl groups excluding tert-OH is 1. The second-order valence-corrected chi connectivity index (χ2v) is 6.18. The molecular formula is C15H14FN3O5S. The largest absolute Gasteiger partial charge is 0.418 e. The zero-order valence-corrected chi connectivity index (χ0v) is 13.6. The van der Waals surface area contributed by atoms with Crippen LogP contribution in [0.4, 0.5) is 15.0 Å². The maximum Gasteiger partial charge on any atom is 0.418 e. The minimum absolute atomic E-state index is 0.212. The summed E-state index contributed by atoms with van der Waals surface area (Å²) in [6.07, 6.45) is -0.803. The third kappa shape index (κ3) is 4.16. The molecule has 3 rings (SSSR count). The van der Waals surface area contributed by atoms with E-state index >= 15 is 0 Å². The predicted octanol–water partition coefficient (Wildman–Crippen LogP) is 1.57. The molecule has 25 heavy (non-hydrogen) atoms. The van der Waals surface area contributed by atoms with Gasteiger partial charge >= 0.3 is 11.8 Å². The Morgan fingerprint density at radius 2 is 2.24 bits per heavy atom. The van der Waals surface area contributed by atoms with Gasteiger partial charge in [-0.25, -0.2) is 14.0 Å². The van der Waals surface area contributed by atoms with Gasteiger partial charge in [0.2, 0.25) is 0 Å². The minimum Gasteiger partial charge on any atom is -0.410 e. The highest BCUT2D eigenvalue weighted by molar-refractivity contribution is 8.00. The molecular weight excluding hydrogens is 353 g/mol. The smallest absolute Gasteiger partial charge is 0.410 e. The van der Waals surface area contributed by atoms with Crippen molar-refractivity contribution in [3.8, 4) is 5.75 Å². The summed E-state index contributed by atoms with van der Waals surface area (Å²) >= 11 is 1.30. The van der Waals surface area contributed by atoms with Crippen molar-refractivity contribution in [2.45, 2.75) is 11.7 Å². The molecule has 1 aliphatic rings. The fourth-order valence-electron chi connectivity index (χ4n) is 2.14. The Morgan fingerprint density at radius 1 is 1.48 bits per heavy atom. The standard InChI is InChI=1S/C15H14FN3O5S/c16-10-6-19(11-8-25-12(7-20)24-11)14(21)17-13(10)18-15(22)23-9-4-2-1-3-5-9/h1-6,11-12,20H,7-8H2,(H,17,18,21,22)/t11-,12+/m0/s1. The van der Waals surface area contributed by atoms with Crippen LogP contribution >= 0.6 is 11.8 Å². The Labute approximate surface area is 145 Å². The zero-order valence-electron chi connectivity index (χ0n) is 12.8. The Kier molecular flexibility index (Phi) is 5.31. The van der Waals surface area contributed by atoms with E-state index in [2.05, 4.69) is 10.3 Å². The third-order valence-corrected chi connectivity index (χ3v) is 4.38. The van der Waals surface area contributed by atoms with Crippen molar-refractivity contribution in [2.75, 3.05) is 17.7 Å². The summed E-state index contributed by atoms with van der Waals surface area (Å²) in [4.78, 5) is 27.3. The molecule has 10 heteroatoms. The number of ether oxygens (including phenoxy) is 2. The number of nitrogens with one attached hydrogen (secondary N) is 1. The van der Waals surface area contributed by atoms with Gasteiger partial charge in [0.15, 0.2) is 11.6 Å². The molecule has 0 unspecified atom stereocenters. The van der Waals surface area contributed by atoms with Crippen molar-refractivity contribution in [3.63, 3.8) is 0 Å². The maximum absolute atomic E-state index is 14.2. The molecule has 0 radical (unpaired) electrons. The number of thioether (sulfide) groups is 1. The van der Waals surface area contributed by atoms with Crippen LogP contribution in [-0.4, -0.2) is 38.5 Å². The first-order valence-corrected chi connectivity index (χ1v) is 8.32. The summed E-state index contributed by atoms with van der Waals surface area (Å²) in [6.45, 7) is -0.212. The van der Waals surface area contributed by atoms with E-state index in [4.69, 9.17) is 14.6 Å². The molecule has 1 amide bonds. The molecule has 1 aliphatic heterocycles. The van der Waals surface area contributed by atoms with Crippen molar-refractivity contribution >= 4 is 23.7 Å². The Balaban J connectivity index is 1.72. The molecule has 132 valence electrons. The van der Waals surface area contributed by atoms with E-state index in [9.17, 15) is 14.0 Å². The second kappa shape index (κ2) is 7.64. The molecule has 1 saturated heterocycles. The highest BCUT2D eigenvalue weighted by atomic mass is 32.2. The quantitative estimate of drug-likeness (QED) is 0.846. The van der Waals surface area contributed by atoms with Gasteiger partial charge in [-0.1, -0.05) is 18.2 Å². The summed E-state index contributed by atoms with van der Waals surface area (Å²) in [7, 11) is 0. The van der Waals surface area contributed by atoms with Crippen LogP contribution in [0.5, 0.6) is 5.75 Å². The molecule has 0 bridgehead atoms. The topological polar surface area (TPSA) is 103 Å². The Morgan fingerprint density at radius 3 is 2.92 bits per heavy atom. The first-order valence-electron chi connectivity index (χ1n) is 7.27. The lowest BCUT2D eigenvalue weighted by Crippen LogP contribution is -2.31. The van der Waals surface area contributed by atoms with Crippen molar-refractivity contribution in [1.82, 2.24) is 9.55 Å². The van der Waals surface area contributed by atoms with Gasteiger partial charge in [-0.15, -0.1) is 11.8 Å². The number of aliphatic hydroxyl groups is 1. The Bertz CT molecular complexity index is 817. The number of aromatic nitrogens is 2. The lowest BCUT2D eigenvalue weighted by molar-refractivity contribution is -0.00677. The van der Waals surface area contributed by atoms with E-state index in [1.165, 1.54) is 11.8 Å². The molecule has 0 spiro atoms. The van der Waals surface area contributed by atoms with Crippen LogP contribution in [0.15, 0.2) is 41.3 Å². The van der Waals surface area contributed by atoms with Gasteiger partial charge in [-0.2, -0.15) is 4.98 Å². The van der Waals surface area contributed by atoms with E-state index in [0.29, 0.717) is 5.75 Å². The van der Waals surface area contributed by atoms with E-state index in [-0.39, 0.29) is 12.4 Å². The fourth-order valence-corrected chi connectivity index (χ4v) is 3.07. The normalized spacial score (nSPS) is 19.6. The van der Waals surface area contributed by atoms with Crippen LogP contribution in [0.2, 0.25) is 0 Å². The lowest BCUT2D eigenvalue weighted by Gasteiger charge is -2.14. The van der Waals surface area contributed by atoms with Crippen LogP contribution in [-0.2, 0) is 4.74 Å². The van der Waals surface area contributed by atoms with Gasteiger partial charge in [-0.3, -0.25) is 9.88 Å². The Hall–Kier alpha value is -2.43. The van der Waals surface area contributed by atoms with Crippen LogP contribution in [0.1, 0.15) is 6.23 Å². The number of anilines is 1. The van der Waals surface area contributed by atoms with Gasteiger partial charge in [0.1, 0.15) is 17.4 Å². The number of hydrogen-bond acceptors (Lipinski definition) is 7. The van der Waals surface area contributed by atoms with Crippen molar-refractivity contribution in [3.05, 3.63) is 52.8 Å². The summed E-state index contributed by atoms with van der Waals surface area (Å²) in [5.74, 6) is -0.813. The first kappa shape index (κ1) is 17.4. The molecule has 2 atom stereocenters. The number of amides is 1. The molecule has 8 nitrogen and oxygen atoms in total. The predicted molar refractivity (Wildman–Crippen MR) is 88.0 cm³/mol. The molecule has 2 heterocycles. The van der Waals surface area contributed by atoms with E-state index < -0.39 is 35.1 Å². The summed E-state index contributed by atoms with van der Waals surface area (Å²) < 4.78 is 25.5. The molecule has 0 saturated carbocycles. The van der Waals surface area contributed by atoms with Crippen molar-refractivity contribution in [2.24, 2.45) is 0 Å². The number of hydrogen-bond donors (Lipinski definition) is 2. The number of benzene rings is 1. The molecule has 0 aliphatic carbocycles. The molecule has 2 N–H and O–H groups in total. The van der Waals surface area contributed by atoms with Gasteiger partial charge in [-0.05, 0) is 12.1 Å². The molecule has 1 aromatic carbocycles. The number of carbonyl (C=O) groups excluding carboxylic acids is 1. The van der Waals surface area contributed by atoms with Crippen molar-refractivity contribution in [1.29, 1.82) is 0 Å². The van der Waals surface area contributed by atoms with Crippen LogP contribution < -0.4 is 15.7 Å². The van der Waals surface area contributed by atoms with Gasteiger partial charge in [0.05, 0.1) is 12.8 Å². The number of rotatable bonds is 4. The third-order valence-electron chi connectivity index (χ3n) is 3.27. The maximum atomic E-state index is 14.2. The van der Waals surface area contributed by atoms with Gasteiger partial charge in [0, 0.05) is 5.75 Å². The average Bonchev–Trinajstić information content (AvgIpc) is 3.07. The van der Waals surface area contributed by atoms with E-state index in [1.807, 2.05) is 0 Å². The molecule has 1 aromatic heterocycles. The molecule has 1 fully saturated rings. The van der Waals surface area contributed by atoms with Gasteiger partial charge in [0.25, 0.3) is 0 Å². The first-order chi connectivity index (χ1) is 12.1. The average molecular weight is 367 g/mol. The van der Waals surface area contributed by atoms with Crippen LogP contribution in [0, 0.1) is 5.82 Å². The van der Waals surface area contributed by atoms with E-state index in [0.717, 1.165) is 10.8 Å². The highest BCUT2D eigenvalue weighted by Gasteiger charge is 2.28. The molecule has 2 aromatic rings. The lowest BCUT2D eigenvalue weighted by atomic mass is 10.3. The SMILES string of the molecule is O=C(Nc1nc(=O)n([C@@H]2CS[C@H](CO)O2)cc1F)Oc1ccccc1. The second-order valence-electron chi connectivity index (χ2n) is 4.99. The number of carbonyl (C=O) groups is 1. The highest BCUT2D eigenvalue weighted by Crippen LogP contribution is 2.30. The summed E-state index contributed by atoms with van der Waals surface area (Å²) in [6, 6.07) is 8.18. The van der Waals surface area contributed by atoms with Crippen LogP contribution in [0.25, 0.3) is 0 Å². The number of halogens is 1. The van der Waals surface area contributed by atoms with E-state index in [1.54, 1.807) is 30.3 Å². The van der Waals surface area contributed by atoms with Crippen molar-refractivity contribution < 1.29 is 23.8 Å². The minimum atomic E-state index is -0.970. The summed E-state index contributed by atoms with van der Waals surface area (Å²) in [5, 5.41) is 11.1. The number of para-hydroxylation sites is 1. The summed E-state index contributed by atoms with van der Waals surface area (Å²) in [5.41, 5.74) is -1.26. The van der Waals surface area contributed by atoms with Crippen LogP contribution in [0.3, 0.4) is 0 Å². The number of nitrogens with zero attached hydrogens (tertiary/aromatic N) is 2.